The van der Waals surface area contributed by atoms with E-state index in [9.17, 15) is 19.4 Å². The number of aliphatic hydroxyl groups is 1. The molecule has 0 fully saturated rings. The highest BCUT2D eigenvalue weighted by molar-refractivity contribution is 7.47. The zero-order valence-electron chi connectivity index (χ0n) is 37.1. The zero-order chi connectivity index (χ0) is 41.8. The van der Waals surface area contributed by atoms with Crippen molar-refractivity contribution >= 4 is 13.7 Å². The SMILES string of the molecule is CC/C=C\C/C=C\C/C=C\CCCCCCCCCC(=O)NC(COP(=O)(O)OCCN)C(O)/C=C/CCCCCCCCCCCCCCCCCCCCC. The number of allylic oxidation sites excluding steroid dienone is 7. The standard InChI is InChI=1S/C48H91N2O6P/c1-3-5-7-9-11-13-15-17-19-21-22-23-24-26-27-29-31-33-35-37-39-41-47(51)46(45-56-57(53,54)55-44-43-49)50-48(52)42-40-38-36-34-32-30-28-25-20-18-16-14-12-10-8-6-4-2/h6,8,12,14,18,20,39,41,46-47,51H,3-5,7,9-11,13,15-17,19,21-38,40,42-45,49H2,1-2H3,(H,50,52)(H,53,54)/b8-6-,14-12-,20-18-,41-39+. The van der Waals surface area contributed by atoms with E-state index >= 15 is 0 Å². The first-order chi connectivity index (χ1) is 27.9. The largest absolute Gasteiger partial charge is 0.472 e. The summed E-state index contributed by atoms with van der Waals surface area (Å²) in [6, 6.07) is -0.867. The average Bonchev–Trinajstić information content (AvgIpc) is 3.20. The van der Waals surface area contributed by atoms with Gasteiger partial charge < -0.3 is 21.1 Å². The predicted octanol–water partition coefficient (Wildman–Crippen LogP) is 13.7. The number of nitrogens with one attached hydrogen (secondary N) is 1. The fourth-order valence-electron chi connectivity index (χ4n) is 6.85. The van der Waals surface area contributed by atoms with Crippen molar-refractivity contribution < 1.29 is 28.4 Å². The number of unbranched alkanes of at least 4 members (excludes halogenated alkanes) is 26. The quantitative estimate of drug-likeness (QED) is 0.0273. The van der Waals surface area contributed by atoms with Crippen LogP contribution in [0.2, 0.25) is 0 Å². The minimum absolute atomic E-state index is 0.0755. The number of carbonyl (C=O) groups is 1. The molecule has 0 aliphatic rings. The first-order valence-corrected chi connectivity index (χ1v) is 25.3. The molecule has 0 heterocycles. The summed E-state index contributed by atoms with van der Waals surface area (Å²) in [4.78, 5) is 22.8. The summed E-state index contributed by atoms with van der Waals surface area (Å²) < 4.78 is 22.2. The molecule has 57 heavy (non-hydrogen) atoms. The van der Waals surface area contributed by atoms with Crippen LogP contribution in [-0.4, -0.2) is 47.8 Å². The number of phosphoric ester groups is 1. The maximum atomic E-state index is 12.8. The summed E-state index contributed by atoms with van der Waals surface area (Å²) in [6.45, 7) is 4.03. The van der Waals surface area contributed by atoms with E-state index in [2.05, 4.69) is 55.6 Å². The van der Waals surface area contributed by atoms with Crippen molar-refractivity contribution in [2.75, 3.05) is 19.8 Å². The van der Waals surface area contributed by atoms with E-state index in [4.69, 9.17) is 14.8 Å². The lowest BCUT2D eigenvalue weighted by Gasteiger charge is -2.23. The van der Waals surface area contributed by atoms with Crippen LogP contribution < -0.4 is 11.1 Å². The summed E-state index contributed by atoms with van der Waals surface area (Å²) in [6.07, 6.45) is 54.5. The molecular formula is C48H91N2O6P. The van der Waals surface area contributed by atoms with Gasteiger partial charge in [0.05, 0.1) is 25.4 Å². The van der Waals surface area contributed by atoms with Gasteiger partial charge in [0.2, 0.25) is 5.91 Å². The number of aliphatic hydroxyl groups excluding tert-OH is 1. The van der Waals surface area contributed by atoms with Gasteiger partial charge in [-0.25, -0.2) is 4.57 Å². The van der Waals surface area contributed by atoms with Crippen LogP contribution in [-0.2, 0) is 18.4 Å². The van der Waals surface area contributed by atoms with Crippen molar-refractivity contribution in [2.24, 2.45) is 5.73 Å². The first kappa shape index (κ1) is 55.5. The fourth-order valence-corrected chi connectivity index (χ4v) is 7.61. The van der Waals surface area contributed by atoms with Gasteiger partial charge in [0, 0.05) is 13.0 Å². The van der Waals surface area contributed by atoms with Gasteiger partial charge in [-0.2, -0.15) is 0 Å². The second kappa shape index (κ2) is 44.0. The number of hydrogen-bond acceptors (Lipinski definition) is 6. The van der Waals surface area contributed by atoms with E-state index in [1.54, 1.807) is 6.08 Å². The highest BCUT2D eigenvalue weighted by atomic mass is 31.2. The van der Waals surface area contributed by atoms with E-state index < -0.39 is 20.0 Å². The Morgan fingerprint density at radius 2 is 1.02 bits per heavy atom. The second-order valence-electron chi connectivity index (χ2n) is 15.9. The topological polar surface area (TPSA) is 131 Å². The van der Waals surface area contributed by atoms with Gasteiger partial charge in [-0.15, -0.1) is 0 Å². The predicted molar refractivity (Wildman–Crippen MR) is 244 cm³/mol. The van der Waals surface area contributed by atoms with Crippen molar-refractivity contribution in [1.82, 2.24) is 5.32 Å². The maximum absolute atomic E-state index is 12.8. The molecule has 0 aromatic heterocycles. The van der Waals surface area contributed by atoms with Crippen molar-refractivity contribution in [3.63, 3.8) is 0 Å². The molecule has 334 valence electrons. The zero-order valence-corrected chi connectivity index (χ0v) is 38.0. The average molecular weight is 823 g/mol. The number of nitrogens with two attached hydrogens (primary N) is 1. The van der Waals surface area contributed by atoms with Crippen LogP contribution in [0, 0.1) is 0 Å². The molecular weight excluding hydrogens is 732 g/mol. The summed E-state index contributed by atoms with van der Waals surface area (Å²) in [5, 5.41) is 13.7. The Morgan fingerprint density at radius 1 is 0.596 bits per heavy atom. The molecule has 1 amide bonds. The van der Waals surface area contributed by atoms with E-state index in [0.29, 0.717) is 6.42 Å². The van der Waals surface area contributed by atoms with Gasteiger partial charge in [0.15, 0.2) is 0 Å². The maximum Gasteiger partial charge on any atom is 0.472 e. The van der Waals surface area contributed by atoms with Crippen LogP contribution >= 0.6 is 7.82 Å². The number of phosphoric acid groups is 1. The van der Waals surface area contributed by atoms with Gasteiger partial charge in [0.25, 0.3) is 0 Å². The molecule has 8 nitrogen and oxygen atoms in total. The first-order valence-electron chi connectivity index (χ1n) is 23.8. The molecule has 0 saturated carbocycles. The van der Waals surface area contributed by atoms with Crippen LogP contribution in [0.25, 0.3) is 0 Å². The molecule has 0 saturated heterocycles. The van der Waals surface area contributed by atoms with Crippen molar-refractivity contribution in [3.8, 4) is 0 Å². The Labute approximate surface area is 352 Å². The highest BCUT2D eigenvalue weighted by Gasteiger charge is 2.26. The molecule has 3 atom stereocenters. The van der Waals surface area contributed by atoms with Gasteiger partial charge in [-0.05, 0) is 51.4 Å². The number of amides is 1. The highest BCUT2D eigenvalue weighted by Crippen LogP contribution is 2.43. The lowest BCUT2D eigenvalue weighted by atomic mass is 10.0. The van der Waals surface area contributed by atoms with Crippen LogP contribution in [0.3, 0.4) is 0 Å². The van der Waals surface area contributed by atoms with E-state index in [0.717, 1.165) is 70.6 Å². The third kappa shape index (κ3) is 42.4. The van der Waals surface area contributed by atoms with Crippen LogP contribution in [0.4, 0.5) is 0 Å². The Balaban J connectivity index is 4.16. The molecule has 0 radical (unpaired) electrons. The third-order valence-electron chi connectivity index (χ3n) is 10.4. The van der Waals surface area contributed by atoms with Gasteiger partial charge in [0.1, 0.15) is 0 Å². The van der Waals surface area contributed by atoms with E-state index in [1.807, 2.05) is 6.08 Å². The molecule has 9 heteroatoms. The molecule has 0 rings (SSSR count). The van der Waals surface area contributed by atoms with Crippen LogP contribution in [0.1, 0.15) is 219 Å². The summed E-state index contributed by atoms with van der Waals surface area (Å²) in [7, 11) is -4.35. The normalized spacial score (nSPS) is 14.4. The minimum atomic E-state index is -4.35. The van der Waals surface area contributed by atoms with E-state index in [-0.39, 0.29) is 25.7 Å². The Bertz CT molecular complexity index is 1030. The molecule has 0 bridgehead atoms. The molecule has 0 spiro atoms. The van der Waals surface area contributed by atoms with Gasteiger partial charge in [-0.1, -0.05) is 210 Å². The van der Waals surface area contributed by atoms with Gasteiger partial charge >= 0.3 is 7.82 Å². The smallest absolute Gasteiger partial charge is 0.387 e. The lowest BCUT2D eigenvalue weighted by Crippen LogP contribution is -2.45. The van der Waals surface area contributed by atoms with Crippen LogP contribution in [0.15, 0.2) is 48.6 Å². The fraction of sp³-hybridized carbons (Fsp3) is 0.812. The van der Waals surface area contributed by atoms with Gasteiger partial charge in [-0.3, -0.25) is 13.8 Å². The molecule has 5 N–H and O–H groups in total. The second-order valence-corrected chi connectivity index (χ2v) is 17.4. The Morgan fingerprint density at radius 3 is 1.49 bits per heavy atom. The summed E-state index contributed by atoms with van der Waals surface area (Å²) in [5.74, 6) is -0.204. The third-order valence-corrected chi connectivity index (χ3v) is 11.4. The van der Waals surface area contributed by atoms with Crippen LogP contribution in [0.5, 0.6) is 0 Å². The molecule has 0 aliphatic carbocycles. The molecule has 0 aliphatic heterocycles. The number of hydrogen-bond donors (Lipinski definition) is 4. The minimum Gasteiger partial charge on any atom is -0.387 e. The van der Waals surface area contributed by atoms with Crippen molar-refractivity contribution in [2.45, 2.75) is 231 Å². The molecule has 3 unspecified atom stereocenters. The number of carbonyl (C=O) groups excluding carboxylic acids is 1. The summed E-state index contributed by atoms with van der Waals surface area (Å²) in [5.41, 5.74) is 5.38. The van der Waals surface area contributed by atoms with Crippen molar-refractivity contribution in [3.05, 3.63) is 48.6 Å². The number of rotatable bonds is 44. The Kier molecular flexibility index (Phi) is 42.8. The monoisotopic (exact) mass is 823 g/mol. The summed E-state index contributed by atoms with van der Waals surface area (Å²) >= 11 is 0. The van der Waals surface area contributed by atoms with Crippen molar-refractivity contribution in [1.29, 1.82) is 0 Å². The molecule has 0 aromatic carbocycles. The Hall–Kier alpha value is -1.54. The molecule has 0 aromatic rings. The van der Waals surface area contributed by atoms with E-state index in [1.165, 1.54) is 128 Å². The lowest BCUT2D eigenvalue weighted by molar-refractivity contribution is -0.123.